The number of ketones is 1. The van der Waals surface area contributed by atoms with E-state index in [9.17, 15) is 9.18 Å². The second kappa shape index (κ2) is 5.74. The second-order valence-corrected chi connectivity index (χ2v) is 4.33. The van der Waals surface area contributed by atoms with Crippen LogP contribution >= 0.6 is 0 Å². The van der Waals surface area contributed by atoms with E-state index in [4.69, 9.17) is 9.47 Å². The maximum absolute atomic E-state index is 13.7. The first kappa shape index (κ1) is 14.1. The van der Waals surface area contributed by atoms with Crippen LogP contribution in [-0.2, 0) is 0 Å². The number of carbonyl (C=O) groups is 1. The summed E-state index contributed by atoms with van der Waals surface area (Å²) in [5, 5.41) is 0. The van der Waals surface area contributed by atoms with Crippen molar-refractivity contribution in [2.75, 3.05) is 14.2 Å². The minimum Gasteiger partial charge on any atom is -0.493 e. The number of halogens is 1. The van der Waals surface area contributed by atoms with Crippen LogP contribution in [0.1, 0.15) is 21.5 Å². The number of rotatable bonds is 4. The predicted molar refractivity (Wildman–Crippen MR) is 74.1 cm³/mol. The summed E-state index contributed by atoms with van der Waals surface area (Å²) >= 11 is 0. The minimum absolute atomic E-state index is 0.0443. The third-order valence-electron chi connectivity index (χ3n) is 3.09. The molecule has 0 bridgehead atoms. The highest BCUT2D eigenvalue weighted by atomic mass is 19.1. The Morgan fingerprint density at radius 3 is 2.20 bits per heavy atom. The van der Waals surface area contributed by atoms with E-state index in [0.717, 1.165) is 0 Å². The molecule has 0 unspecified atom stereocenters. The number of carbonyl (C=O) groups excluding carboxylic acids is 1. The van der Waals surface area contributed by atoms with Crippen LogP contribution in [0.25, 0.3) is 0 Å². The molecule has 0 aromatic heterocycles. The van der Waals surface area contributed by atoms with Crippen LogP contribution in [0.3, 0.4) is 0 Å². The summed E-state index contributed by atoms with van der Waals surface area (Å²) in [6.07, 6.45) is 0. The average molecular weight is 274 g/mol. The topological polar surface area (TPSA) is 35.5 Å². The fraction of sp³-hybridized carbons (Fsp3) is 0.188. The van der Waals surface area contributed by atoms with Gasteiger partial charge in [-0.05, 0) is 36.8 Å². The van der Waals surface area contributed by atoms with Crippen molar-refractivity contribution in [3.8, 4) is 11.5 Å². The Kier molecular flexibility index (Phi) is 4.03. The van der Waals surface area contributed by atoms with Crippen molar-refractivity contribution in [1.82, 2.24) is 0 Å². The lowest BCUT2D eigenvalue weighted by atomic mass is 9.98. The van der Waals surface area contributed by atoms with Crippen LogP contribution in [0.15, 0.2) is 36.4 Å². The van der Waals surface area contributed by atoms with Gasteiger partial charge in [0.05, 0.1) is 19.8 Å². The van der Waals surface area contributed by atoms with E-state index in [1.54, 1.807) is 31.2 Å². The zero-order valence-corrected chi connectivity index (χ0v) is 11.6. The van der Waals surface area contributed by atoms with Crippen LogP contribution in [0.2, 0.25) is 0 Å². The zero-order valence-electron chi connectivity index (χ0n) is 11.6. The van der Waals surface area contributed by atoms with Gasteiger partial charge in [-0.1, -0.05) is 12.1 Å². The van der Waals surface area contributed by atoms with Crippen molar-refractivity contribution in [2.24, 2.45) is 0 Å². The summed E-state index contributed by atoms with van der Waals surface area (Å²) in [4.78, 5) is 12.4. The van der Waals surface area contributed by atoms with Gasteiger partial charge in [-0.2, -0.15) is 0 Å². The van der Waals surface area contributed by atoms with E-state index in [2.05, 4.69) is 0 Å². The Hall–Kier alpha value is -2.36. The molecule has 2 aromatic carbocycles. The summed E-state index contributed by atoms with van der Waals surface area (Å²) in [6.45, 7) is 1.77. The molecule has 0 aliphatic heterocycles. The maximum Gasteiger partial charge on any atom is 0.196 e. The lowest BCUT2D eigenvalue weighted by molar-refractivity contribution is 0.103. The van der Waals surface area contributed by atoms with E-state index in [-0.39, 0.29) is 11.3 Å². The van der Waals surface area contributed by atoms with E-state index < -0.39 is 5.82 Å². The number of methoxy groups -OCH3 is 2. The van der Waals surface area contributed by atoms with Gasteiger partial charge >= 0.3 is 0 Å². The molecule has 4 heteroatoms. The predicted octanol–water partition coefficient (Wildman–Crippen LogP) is 3.38. The van der Waals surface area contributed by atoms with Gasteiger partial charge in [-0.25, -0.2) is 4.39 Å². The number of ether oxygens (including phenoxy) is 2. The molecule has 20 heavy (non-hydrogen) atoms. The number of hydrogen-bond acceptors (Lipinski definition) is 3. The lowest BCUT2D eigenvalue weighted by Crippen LogP contribution is -2.07. The highest BCUT2D eigenvalue weighted by Gasteiger charge is 2.18. The van der Waals surface area contributed by atoms with Crippen LogP contribution in [-0.4, -0.2) is 20.0 Å². The second-order valence-electron chi connectivity index (χ2n) is 4.33. The fourth-order valence-electron chi connectivity index (χ4n) is 2.02. The molecule has 104 valence electrons. The van der Waals surface area contributed by atoms with E-state index in [1.165, 1.54) is 26.4 Å². The van der Waals surface area contributed by atoms with Gasteiger partial charge in [0.15, 0.2) is 17.3 Å². The lowest BCUT2D eigenvalue weighted by Gasteiger charge is -2.12. The molecule has 2 rings (SSSR count). The minimum atomic E-state index is -0.535. The largest absolute Gasteiger partial charge is 0.493 e. The molecule has 2 aromatic rings. The summed E-state index contributed by atoms with van der Waals surface area (Å²) < 4.78 is 24.1. The first-order valence-corrected chi connectivity index (χ1v) is 6.10. The van der Waals surface area contributed by atoms with Crippen LogP contribution < -0.4 is 9.47 Å². The number of benzene rings is 2. The average Bonchev–Trinajstić information content (AvgIpc) is 2.46. The molecule has 0 saturated heterocycles. The Morgan fingerprint density at radius 1 is 1.00 bits per heavy atom. The first-order chi connectivity index (χ1) is 9.58. The van der Waals surface area contributed by atoms with Crippen LogP contribution in [0.4, 0.5) is 4.39 Å². The van der Waals surface area contributed by atoms with Crippen molar-refractivity contribution < 1.29 is 18.7 Å². The Morgan fingerprint density at radius 2 is 1.60 bits per heavy atom. The molecular formula is C16H15FO3. The van der Waals surface area contributed by atoms with E-state index in [1.807, 2.05) is 0 Å². The molecule has 0 spiro atoms. The van der Waals surface area contributed by atoms with E-state index >= 15 is 0 Å². The zero-order chi connectivity index (χ0) is 14.7. The van der Waals surface area contributed by atoms with Gasteiger partial charge < -0.3 is 9.47 Å². The smallest absolute Gasteiger partial charge is 0.196 e. The van der Waals surface area contributed by atoms with Crippen molar-refractivity contribution in [2.45, 2.75) is 6.92 Å². The van der Waals surface area contributed by atoms with Crippen molar-refractivity contribution >= 4 is 5.78 Å². The standard InChI is InChI=1S/C16H15FO3/c1-10-8-14(19-2)15(20-3)9-12(10)16(18)11-6-4-5-7-13(11)17/h4-9H,1-3H3. The Bertz CT molecular complexity index is 650. The maximum atomic E-state index is 13.7. The molecule has 0 atom stereocenters. The van der Waals surface area contributed by atoms with Gasteiger partial charge in [0.25, 0.3) is 0 Å². The molecule has 0 amide bonds. The third kappa shape index (κ3) is 2.50. The summed E-state index contributed by atoms with van der Waals surface area (Å²) in [5.74, 6) is 0.0705. The summed E-state index contributed by atoms with van der Waals surface area (Å²) in [5.41, 5.74) is 1.14. The Labute approximate surface area is 117 Å². The normalized spacial score (nSPS) is 10.2. The molecule has 3 nitrogen and oxygen atoms in total. The fourth-order valence-corrected chi connectivity index (χ4v) is 2.02. The molecule has 0 aliphatic carbocycles. The van der Waals surface area contributed by atoms with Gasteiger partial charge in [0.1, 0.15) is 5.82 Å². The SMILES string of the molecule is COc1cc(C)c(C(=O)c2ccccc2F)cc1OC. The van der Waals surface area contributed by atoms with Gasteiger partial charge in [0.2, 0.25) is 0 Å². The third-order valence-corrected chi connectivity index (χ3v) is 3.09. The van der Waals surface area contributed by atoms with Crippen molar-refractivity contribution in [3.05, 3.63) is 58.9 Å². The van der Waals surface area contributed by atoms with Crippen LogP contribution in [0.5, 0.6) is 11.5 Å². The quantitative estimate of drug-likeness (QED) is 0.802. The number of hydrogen-bond donors (Lipinski definition) is 0. The molecule has 0 fully saturated rings. The molecule has 0 N–H and O–H groups in total. The molecular weight excluding hydrogens is 259 g/mol. The monoisotopic (exact) mass is 274 g/mol. The summed E-state index contributed by atoms with van der Waals surface area (Å²) in [7, 11) is 3.01. The molecule has 0 heterocycles. The summed E-state index contributed by atoms with van der Waals surface area (Å²) in [6, 6.07) is 9.19. The van der Waals surface area contributed by atoms with Crippen molar-refractivity contribution in [3.63, 3.8) is 0 Å². The first-order valence-electron chi connectivity index (χ1n) is 6.10. The van der Waals surface area contributed by atoms with Gasteiger partial charge in [-0.3, -0.25) is 4.79 Å². The van der Waals surface area contributed by atoms with Crippen LogP contribution in [0, 0.1) is 12.7 Å². The van der Waals surface area contributed by atoms with Gasteiger partial charge in [0, 0.05) is 5.56 Å². The number of aryl methyl sites for hydroxylation is 1. The molecule has 0 saturated carbocycles. The highest BCUT2D eigenvalue weighted by molar-refractivity contribution is 6.10. The Balaban J connectivity index is 2.53. The molecule has 0 radical (unpaired) electrons. The van der Waals surface area contributed by atoms with Crippen molar-refractivity contribution in [1.29, 1.82) is 0 Å². The van der Waals surface area contributed by atoms with Gasteiger partial charge in [-0.15, -0.1) is 0 Å². The highest BCUT2D eigenvalue weighted by Crippen LogP contribution is 2.31. The molecule has 0 aliphatic rings. The van der Waals surface area contributed by atoms with E-state index in [0.29, 0.717) is 22.6 Å².